The summed E-state index contributed by atoms with van der Waals surface area (Å²) in [5, 5.41) is 32.0. The largest absolute Gasteiger partial charge is 0.504 e. The van der Waals surface area contributed by atoms with Gasteiger partial charge >= 0.3 is 0 Å². The smallest absolute Gasteiger partial charge is 0.200 e. The van der Waals surface area contributed by atoms with Crippen molar-refractivity contribution in [2.24, 2.45) is 0 Å². The predicted molar refractivity (Wildman–Crippen MR) is 83.9 cm³/mol. The van der Waals surface area contributed by atoms with Gasteiger partial charge in [0.1, 0.15) is 0 Å². The van der Waals surface area contributed by atoms with E-state index in [2.05, 4.69) is 32.2 Å². The molecule has 4 nitrogen and oxygen atoms in total. The van der Waals surface area contributed by atoms with E-state index in [1.807, 2.05) is 18.2 Å². The first-order valence-electron chi connectivity index (χ1n) is 6.87. The maximum absolute atomic E-state index is 9.84. The quantitative estimate of drug-likeness (QED) is 0.649. The molecular weight excluding hydrogens is 266 g/mol. The third-order valence-corrected chi connectivity index (χ3v) is 3.42. The molecule has 2 rings (SSSR count). The van der Waals surface area contributed by atoms with E-state index >= 15 is 0 Å². The number of para-hydroxylation sites is 1. The maximum Gasteiger partial charge on any atom is 0.200 e. The normalized spacial score (nSPS) is 11.4. The molecule has 0 amide bonds. The molecule has 21 heavy (non-hydrogen) atoms. The molecule has 0 fully saturated rings. The van der Waals surface area contributed by atoms with Crippen molar-refractivity contribution < 1.29 is 15.3 Å². The summed E-state index contributed by atoms with van der Waals surface area (Å²) in [6.45, 7) is 6.76. The van der Waals surface area contributed by atoms with Crippen LogP contribution in [0.2, 0.25) is 0 Å². The van der Waals surface area contributed by atoms with Gasteiger partial charge in [-0.25, -0.2) is 0 Å². The molecule has 0 heterocycles. The molecule has 2 aromatic rings. The fourth-order valence-electron chi connectivity index (χ4n) is 2.24. The van der Waals surface area contributed by atoms with Gasteiger partial charge < -0.3 is 20.6 Å². The van der Waals surface area contributed by atoms with Crippen LogP contribution in [0.25, 0.3) is 0 Å². The van der Waals surface area contributed by atoms with Crippen molar-refractivity contribution in [1.82, 2.24) is 0 Å². The van der Waals surface area contributed by atoms with Gasteiger partial charge in [-0.05, 0) is 29.2 Å². The molecule has 0 spiro atoms. The van der Waals surface area contributed by atoms with Crippen molar-refractivity contribution >= 4 is 5.69 Å². The van der Waals surface area contributed by atoms with Gasteiger partial charge in [-0.3, -0.25) is 0 Å². The minimum absolute atomic E-state index is 0.00271. The molecule has 0 atom stereocenters. The molecule has 2 aromatic carbocycles. The van der Waals surface area contributed by atoms with Gasteiger partial charge in [0.25, 0.3) is 0 Å². The zero-order valence-electron chi connectivity index (χ0n) is 12.5. The summed E-state index contributed by atoms with van der Waals surface area (Å²) in [6, 6.07) is 10.9. The zero-order chi connectivity index (χ0) is 15.6. The van der Waals surface area contributed by atoms with Gasteiger partial charge in [0, 0.05) is 17.8 Å². The van der Waals surface area contributed by atoms with Crippen LogP contribution in [-0.4, -0.2) is 15.3 Å². The zero-order valence-corrected chi connectivity index (χ0v) is 12.5. The molecule has 0 bridgehead atoms. The average molecular weight is 287 g/mol. The Morgan fingerprint density at radius 3 is 2.24 bits per heavy atom. The van der Waals surface area contributed by atoms with Crippen molar-refractivity contribution in [3.8, 4) is 17.2 Å². The van der Waals surface area contributed by atoms with E-state index in [4.69, 9.17) is 0 Å². The highest BCUT2D eigenvalue weighted by Gasteiger charge is 2.18. The number of anilines is 1. The van der Waals surface area contributed by atoms with Crippen LogP contribution in [0.4, 0.5) is 5.69 Å². The van der Waals surface area contributed by atoms with E-state index < -0.39 is 5.75 Å². The topological polar surface area (TPSA) is 72.7 Å². The Balaban J connectivity index is 2.24. The van der Waals surface area contributed by atoms with Crippen LogP contribution in [0.5, 0.6) is 17.2 Å². The molecule has 0 radical (unpaired) electrons. The van der Waals surface area contributed by atoms with E-state index in [1.54, 1.807) is 6.07 Å². The first-order valence-corrected chi connectivity index (χ1v) is 6.87. The van der Waals surface area contributed by atoms with E-state index in [9.17, 15) is 15.3 Å². The van der Waals surface area contributed by atoms with Crippen LogP contribution in [-0.2, 0) is 12.0 Å². The predicted octanol–water partition coefficient (Wildman–Crippen LogP) is 3.71. The van der Waals surface area contributed by atoms with Gasteiger partial charge in [-0.15, -0.1) is 0 Å². The SMILES string of the molecule is CC(C)(C)c1ccccc1NCc1ccc(O)c(O)c1O. The second-order valence-electron chi connectivity index (χ2n) is 6.09. The summed E-state index contributed by atoms with van der Waals surface area (Å²) in [5.74, 6) is -1.11. The lowest BCUT2D eigenvalue weighted by molar-refractivity contribution is 0.365. The summed E-state index contributed by atoms with van der Waals surface area (Å²) >= 11 is 0. The molecule has 0 aliphatic rings. The minimum atomic E-state index is -0.488. The van der Waals surface area contributed by atoms with Crippen LogP contribution in [0.3, 0.4) is 0 Å². The third kappa shape index (κ3) is 3.21. The van der Waals surface area contributed by atoms with Crippen LogP contribution >= 0.6 is 0 Å². The Hall–Kier alpha value is -2.36. The van der Waals surface area contributed by atoms with Crippen LogP contribution in [0.1, 0.15) is 31.9 Å². The van der Waals surface area contributed by atoms with Crippen LogP contribution in [0.15, 0.2) is 36.4 Å². The fourth-order valence-corrected chi connectivity index (χ4v) is 2.24. The van der Waals surface area contributed by atoms with Crippen molar-refractivity contribution in [3.63, 3.8) is 0 Å². The number of rotatable bonds is 3. The van der Waals surface area contributed by atoms with Crippen molar-refractivity contribution in [1.29, 1.82) is 0 Å². The highest BCUT2D eigenvalue weighted by Crippen LogP contribution is 2.37. The summed E-state index contributed by atoms with van der Waals surface area (Å²) in [6.07, 6.45) is 0. The molecule has 4 N–H and O–H groups in total. The minimum Gasteiger partial charge on any atom is -0.504 e. The second kappa shape index (κ2) is 5.56. The summed E-state index contributed by atoms with van der Waals surface area (Å²) in [7, 11) is 0. The van der Waals surface area contributed by atoms with E-state index in [-0.39, 0.29) is 16.9 Å². The molecule has 0 aliphatic carbocycles. The second-order valence-corrected chi connectivity index (χ2v) is 6.09. The number of hydrogen-bond donors (Lipinski definition) is 4. The summed E-state index contributed by atoms with van der Waals surface area (Å²) in [4.78, 5) is 0. The van der Waals surface area contributed by atoms with E-state index in [0.29, 0.717) is 12.1 Å². The first kappa shape index (κ1) is 15.0. The number of phenolic OH excluding ortho intramolecular Hbond substituents is 3. The maximum atomic E-state index is 9.84. The van der Waals surface area contributed by atoms with Gasteiger partial charge in [-0.1, -0.05) is 39.0 Å². The molecule has 0 unspecified atom stereocenters. The molecule has 0 aliphatic heterocycles. The fraction of sp³-hybridized carbons (Fsp3) is 0.294. The lowest BCUT2D eigenvalue weighted by Crippen LogP contribution is -2.14. The Bertz CT molecular complexity index is 645. The first-order chi connectivity index (χ1) is 9.80. The van der Waals surface area contributed by atoms with Gasteiger partial charge in [0.2, 0.25) is 5.75 Å². The Morgan fingerprint density at radius 1 is 0.905 bits per heavy atom. The standard InChI is InChI=1S/C17H21NO3/c1-17(2,3)12-6-4-5-7-13(12)18-10-11-8-9-14(19)16(21)15(11)20/h4-9,18-21H,10H2,1-3H3. The Morgan fingerprint density at radius 2 is 1.57 bits per heavy atom. The average Bonchev–Trinajstić information content (AvgIpc) is 2.43. The summed E-state index contributed by atoms with van der Waals surface area (Å²) in [5.41, 5.74) is 2.68. The third-order valence-electron chi connectivity index (χ3n) is 3.42. The number of phenols is 3. The van der Waals surface area contributed by atoms with Crippen LogP contribution in [0, 0.1) is 0 Å². The van der Waals surface area contributed by atoms with Crippen molar-refractivity contribution in [2.45, 2.75) is 32.7 Å². The highest BCUT2D eigenvalue weighted by atomic mass is 16.3. The molecule has 0 saturated heterocycles. The molecule has 112 valence electrons. The lowest BCUT2D eigenvalue weighted by Gasteiger charge is -2.23. The Labute approximate surface area is 124 Å². The molecule has 0 aromatic heterocycles. The molecule has 0 saturated carbocycles. The number of benzene rings is 2. The van der Waals surface area contributed by atoms with E-state index in [1.165, 1.54) is 11.6 Å². The Kier molecular flexibility index (Phi) is 3.98. The van der Waals surface area contributed by atoms with Crippen LogP contribution < -0.4 is 5.32 Å². The van der Waals surface area contributed by atoms with Crippen molar-refractivity contribution in [3.05, 3.63) is 47.5 Å². The summed E-state index contributed by atoms with van der Waals surface area (Å²) < 4.78 is 0. The molecular formula is C17H21NO3. The molecule has 4 heteroatoms. The number of hydrogen-bond acceptors (Lipinski definition) is 4. The van der Waals surface area contributed by atoms with Gasteiger partial charge in [0.05, 0.1) is 0 Å². The lowest BCUT2D eigenvalue weighted by atomic mass is 9.86. The van der Waals surface area contributed by atoms with Crippen molar-refractivity contribution in [2.75, 3.05) is 5.32 Å². The highest BCUT2D eigenvalue weighted by molar-refractivity contribution is 5.57. The number of nitrogens with one attached hydrogen (secondary N) is 1. The van der Waals surface area contributed by atoms with Gasteiger partial charge in [0.15, 0.2) is 11.5 Å². The monoisotopic (exact) mass is 287 g/mol. The van der Waals surface area contributed by atoms with E-state index in [0.717, 1.165) is 5.69 Å². The van der Waals surface area contributed by atoms with Gasteiger partial charge in [-0.2, -0.15) is 0 Å². The number of aromatic hydroxyl groups is 3.